The largest absolute Gasteiger partial charge is 0.496 e. The summed E-state index contributed by atoms with van der Waals surface area (Å²) in [6.45, 7) is 2.86. The molecule has 1 aliphatic rings. The number of ether oxygens (including phenoxy) is 2. The number of aromatic amines is 1. The Labute approximate surface area is 174 Å². The van der Waals surface area contributed by atoms with Crippen LogP contribution in [-0.4, -0.2) is 58.5 Å². The summed E-state index contributed by atoms with van der Waals surface area (Å²) in [5, 5.41) is 19.2. The van der Waals surface area contributed by atoms with E-state index in [4.69, 9.17) is 14.7 Å². The van der Waals surface area contributed by atoms with Gasteiger partial charge in [0.2, 0.25) is 0 Å². The van der Waals surface area contributed by atoms with Crippen LogP contribution in [0.25, 0.3) is 11.3 Å². The first kappa shape index (κ1) is 19.8. The third-order valence-corrected chi connectivity index (χ3v) is 5.13. The van der Waals surface area contributed by atoms with Crippen LogP contribution in [0.5, 0.6) is 5.75 Å². The molecule has 2 N–H and O–H groups in total. The molecule has 1 aromatic carbocycles. The number of anilines is 2. The Bertz CT molecular complexity index is 1040. The molecule has 0 saturated carbocycles. The highest BCUT2D eigenvalue weighted by Crippen LogP contribution is 2.32. The molecule has 0 spiro atoms. The highest BCUT2D eigenvalue weighted by atomic mass is 16.5. The maximum atomic E-state index is 8.81. The maximum Gasteiger partial charge on any atom is 0.158 e. The van der Waals surface area contributed by atoms with E-state index in [1.807, 2.05) is 18.2 Å². The minimum atomic E-state index is 0.264. The Kier molecular flexibility index (Phi) is 5.88. The molecule has 9 nitrogen and oxygen atoms in total. The quantitative estimate of drug-likeness (QED) is 0.617. The lowest BCUT2D eigenvalue weighted by molar-refractivity contribution is 0.107. The number of rotatable bonds is 7. The van der Waals surface area contributed by atoms with Crippen molar-refractivity contribution in [2.75, 3.05) is 32.6 Å². The molecule has 2 aromatic heterocycles. The standard InChI is InChI=1S/C21H23N7O2/c1-29-16-5-6-28(13-16)12-14-3-4-17(19(7-14)30-2)18-8-20(27-26-18)25-21-11-23-15(9-22)10-24-21/h3-4,7-8,10-11,16H,5-6,12-13H2,1-2H3,(H2,24,25,26,27)/t16-/m1/s1. The summed E-state index contributed by atoms with van der Waals surface area (Å²) in [7, 11) is 3.44. The molecule has 1 saturated heterocycles. The summed E-state index contributed by atoms with van der Waals surface area (Å²) >= 11 is 0. The maximum absolute atomic E-state index is 8.81. The van der Waals surface area contributed by atoms with Gasteiger partial charge in [0.15, 0.2) is 11.5 Å². The van der Waals surface area contributed by atoms with Crippen LogP contribution in [-0.2, 0) is 11.3 Å². The van der Waals surface area contributed by atoms with Gasteiger partial charge in [-0.15, -0.1) is 0 Å². The van der Waals surface area contributed by atoms with Crippen LogP contribution in [0.4, 0.5) is 11.6 Å². The highest BCUT2D eigenvalue weighted by Gasteiger charge is 2.22. The molecule has 0 unspecified atom stereocenters. The second kappa shape index (κ2) is 8.90. The van der Waals surface area contributed by atoms with Gasteiger partial charge in [-0.05, 0) is 24.1 Å². The summed E-state index contributed by atoms with van der Waals surface area (Å²) in [5.74, 6) is 1.88. The minimum Gasteiger partial charge on any atom is -0.496 e. The summed E-state index contributed by atoms with van der Waals surface area (Å²) in [4.78, 5) is 10.5. The number of hydrogen-bond acceptors (Lipinski definition) is 8. The highest BCUT2D eigenvalue weighted by molar-refractivity contribution is 5.71. The molecular weight excluding hydrogens is 382 g/mol. The van der Waals surface area contributed by atoms with Gasteiger partial charge < -0.3 is 14.8 Å². The Morgan fingerprint density at radius 2 is 2.13 bits per heavy atom. The Balaban J connectivity index is 1.47. The summed E-state index contributed by atoms with van der Waals surface area (Å²) in [5.41, 5.74) is 3.20. The van der Waals surface area contributed by atoms with E-state index in [1.54, 1.807) is 14.2 Å². The number of H-pyrrole nitrogens is 1. The molecule has 3 aromatic rings. The number of aromatic nitrogens is 4. The Morgan fingerprint density at radius 3 is 2.83 bits per heavy atom. The number of nitrogens with zero attached hydrogens (tertiary/aromatic N) is 5. The van der Waals surface area contributed by atoms with E-state index in [2.05, 4.69) is 42.5 Å². The number of likely N-dealkylation sites (tertiary alicyclic amines) is 1. The molecule has 1 fully saturated rings. The molecule has 3 heterocycles. The van der Waals surface area contributed by atoms with Gasteiger partial charge in [-0.25, -0.2) is 9.97 Å². The third-order valence-electron chi connectivity index (χ3n) is 5.13. The third kappa shape index (κ3) is 4.40. The van der Waals surface area contributed by atoms with E-state index in [9.17, 15) is 0 Å². The molecule has 4 rings (SSSR count). The van der Waals surface area contributed by atoms with Crippen molar-refractivity contribution in [3.63, 3.8) is 0 Å². The van der Waals surface area contributed by atoms with Gasteiger partial charge in [-0.1, -0.05) is 6.07 Å². The van der Waals surface area contributed by atoms with Gasteiger partial charge in [0.1, 0.15) is 17.6 Å². The lowest BCUT2D eigenvalue weighted by Crippen LogP contribution is -2.22. The second-order valence-electron chi connectivity index (χ2n) is 7.11. The summed E-state index contributed by atoms with van der Waals surface area (Å²) < 4.78 is 11.1. The first-order valence-electron chi connectivity index (χ1n) is 9.65. The van der Waals surface area contributed by atoms with Crippen molar-refractivity contribution in [3.8, 4) is 23.1 Å². The van der Waals surface area contributed by atoms with Crippen LogP contribution in [0, 0.1) is 11.3 Å². The van der Waals surface area contributed by atoms with E-state index in [0.29, 0.717) is 17.7 Å². The first-order valence-corrected chi connectivity index (χ1v) is 9.65. The average Bonchev–Trinajstić information content (AvgIpc) is 3.43. The van der Waals surface area contributed by atoms with Crippen molar-refractivity contribution in [2.45, 2.75) is 19.1 Å². The Hall–Kier alpha value is -3.48. The van der Waals surface area contributed by atoms with Crippen molar-refractivity contribution in [2.24, 2.45) is 0 Å². The minimum absolute atomic E-state index is 0.264. The van der Waals surface area contributed by atoms with Gasteiger partial charge in [0.25, 0.3) is 0 Å². The summed E-state index contributed by atoms with van der Waals surface area (Å²) in [6, 6.07) is 10.0. The van der Waals surface area contributed by atoms with Gasteiger partial charge in [0.05, 0.1) is 31.3 Å². The van der Waals surface area contributed by atoms with Crippen molar-refractivity contribution in [1.82, 2.24) is 25.1 Å². The van der Waals surface area contributed by atoms with Crippen LogP contribution in [0.3, 0.4) is 0 Å². The zero-order chi connectivity index (χ0) is 20.9. The van der Waals surface area contributed by atoms with Crippen LogP contribution in [0.1, 0.15) is 17.7 Å². The fourth-order valence-corrected chi connectivity index (χ4v) is 3.55. The smallest absolute Gasteiger partial charge is 0.158 e. The van der Waals surface area contributed by atoms with Gasteiger partial charge in [-0.2, -0.15) is 10.4 Å². The van der Waals surface area contributed by atoms with Crippen LogP contribution in [0.15, 0.2) is 36.7 Å². The Morgan fingerprint density at radius 1 is 1.23 bits per heavy atom. The van der Waals surface area contributed by atoms with E-state index >= 15 is 0 Å². The molecule has 0 radical (unpaired) electrons. The van der Waals surface area contributed by atoms with Crippen LogP contribution < -0.4 is 10.1 Å². The zero-order valence-corrected chi connectivity index (χ0v) is 16.9. The lowest BCUT2D eigenvalue weighted by Gasteiger charge is -2.17. The molecule has 9 heteroatoms. The predicted molar refractivity (Wildman–Crippen MR) is 111 cm³/mol. The van der Waals surface area contributed by atoms with E-state index in [0.717, 1.165) is 43.1 Å². The van der Waals surface area contributed by atoms with E-state index in [1.165, 1.54) is 18.0 Å². The fourth-order valence-electron chi connectivity index (χ4n) is 3.55. The van der Waals surface area contributed by atoms with E-state index in [-0.39, 0.29) is 5.69 Å². The molecule has 0 amide bonds. The molecule has 1 aliphatic heterocycles. The van der Waals surface area contributed by atoms with Crippen LogP contribution in [0.2, 0.25) is 0 Å². The van der Waals surface area contributed by atoms with Crippen molar-refractivity contribution in [3.05, 3.63) is 47.9 Å². The number of hydrogen-bond donors (Lipinski definition) is 2. The second-order valence-corrected chi connectivity index (χ2v) is 7.11. The summed E-state index contributed by atoms with van der Waals surface area (Å²) in [6.07, 6.45) is 4.30. The predicted octanol–water partition coefficient (Wildman–Crippen LogP) is 2.71. The molecular formula is C21H23N7O2. The average molecular weight is 405 g/mol. The lowest BCUT2D eigenvalue weighted by atomic mass is 10.1. The monoisotopic (exact) mass is 405 g/mol. The van der Waals surface area contributed by atoms with Crippen molar-refractivity contribution in [1.29, 1.82) is 5.26 Å². The van der Waals surface area contributed by atoms with Crippen molar-refractivity contribution >= 4 is 11.6 Å². The van der Waals surface area contributed by atoms with Crippen molar-refractivity contribution < 1.29 is 9.47 Å². The van der Waals surface area contributed by atoms with Crippen LogP contribution >= 0.6 is 0 Å². The van der Waals surface area contributed by atoms with Gasteiger partial charge >= 0.3 is 0 Å². The molecule has 0 bridgehead atoms. The normalized spacial score (nSPS) is 16.4. The SMILES string of the molecule is COc1cc(CN2CC[C@@H](OC)C2)ccc1-c1cc(Nc2cnc(C#N)cn2)n[nH]1. The number of nitrogens with one attached hydrogen (secondary N) is 2. The first-order chi connectivity index (χ1) is 14.7. The topological polar surface area (TPSA) is 112 Å². The molecule has 0 aliphatic carbocycles. The molecule has 154 valence electrons. The fraction of sp³-hybridized carbons (Fsp3) is 0.333. The van der Waals surface area contributed by atoms with E-state index < -0.39 is 0 Å². The number of benzene rings is 1. The number of methoxy groups -OCH3 is 2. The van der Waals surface area contributed by atoms with Gasteiger partial charge in [0, 0.05) is 38.4 Å². The van der Waals surface area contributed by atoms with Gasteiger partial charge in [-0.3, -0.25) is 10.00 Å². The zero-order valence-electron chi connectivity index (χ0n) is 16.9. The number of nitriles is 1. The molecule has 30 heavy (non-hydrogen) atoms. The molecule has 1 atom stereocenters.